The minimum atomic E-state index is 0.519. The van der Waals surface area contributed by atoms with Crippen LogP contribution in [0.15, 0.2) is 0 Å². The summed E-state index contributed by atoms with van der Waals surface area (Å²) in [7, 11) is 0. The fourth-order valence-corrected chi connectivity index (χ4v) is 4.13. The van der Waals surface area contributed by atoms with Gasteiger partial charge in [0.15, 0.2) is 0 Å². The van der Waals surface area contributed by atoms with Crippen molar-refractivity contribution in [2.75, 3.05) is 19.6 Å². The lowest BCUT2D eigenvalue weighted by Gasteiger charge is -2.18. The molecule has 0 aliphatic carbocycles. The fraction of sp³-hybridized carbons (Fsp3) is 0.800. The van der Waals surface area contributed by atoms with Crippen LogP contribution < -0.4 is 0 Å². The zero-order valence-corrected chi connectivity index (χ0v) is 13.9. The molecule has 19 heavy (non-hydrogen) atoms. The molecule has 0 radical (unpaired) electrons. The minimum absolute atomic E-state index is 0.519. The Morgan fingerprint density at radius 3 is 2.42 bits per heavy atom. The van der Waals surface area contributed by atoms with Gasteiger partial charge in [0, 0.05) is 23.6 Å². The Hall–Kier alpha value is -0.0600. The van der Waals surface area contributed by atoms with Crippen molar-refractivity contribution in [2.45, 2.75) is 57.6 Å². The predicted octanol–water partition coefficient (Wildman–Crippen LogP) is 4.11. The number of aromatic nitrogens is 1. The fourth-order valence-electron chi connectivity index (χ4n) is 2.70. The summed E-state index contributed by atoms with van der Waals surface area (Å²) in [4.78, 5) is 8.81. The number of thiazole rings is 1. The highest BCUT2D eigenvalue weighted by atomic mass is 32.1. The van der Waals surface area contributed by atoms with E-state index >= 15 is 0 Å². The molecule has 0 atom stereocenters. The molecule has 0 amide bonds. The molecule has 0 N–H and O–H groups in total. The smallest absolute Gasteiger partial charge is 0.0944 e. The predicted molar refractivity (Wildman–Crippen MR) is 87.5 cm³/mol. The molecule has 0 bridgehead atoms. The van der Waals surface area contributed by atoms with E-state index < -0.39 is 0 Å². The van der Waals surface area contributed by atoms with Gasteiger partial charge in [-0.25, -0.2) is 4.98 Å². The van der Waals surface area contributed by atoms with Gasteiger partial charge in [0.2, 0.25) is 0 Å². The molecule has 0 unspecified atom stereocenters. The van der Waals surface area contributed by atoms with Gasteiger partial charge in [-0.3, -0.25) is 0 Å². The van der Waals surface area contributed by atoms with E-state index in [2.05, 4.69) is 31.4 Å². The van der Waals surface area contributed by atoms with Crippen molar-refractivity contribution in [3.8, 4) is 0 Å². The van der Waals surface area contributed by atoms with Crippen molar-refractivity contribution in [3.05, 3.63) is 15.6 Å². The van der Waals surface area contributed by atoms with Gasteiger partial charge in [0.05, 0.1) is 10.7 Å². The quantitative estimate of drug-likeness (QED) is 0.823. The van der Waals surface area contributed by atoms with Crippen molar-refractivity contribution < 1.29 is 0 Å². The molecule has 1 aliphatic heterocycles. The lowest BCUT2D eigenvalue weighted by molar-refractivity contribution is 0.288. The van der Waals surface area contributed by atoms with Gasteiger partial charge in [-0.05, 0) is 31.8 Å². The first-order chi connectivity index (χ1) is 9.20. The van der Waals surface area contributed by atoms with Crippen LogP contribution in [0.25, 0.3) is 0 Å². The topological polar surface area (TPSA) is 16.1 Å². The lowest BCUT2D eigenvalue weighted by atomic mass is 10.1. The Morgan fingerprint density at radius 1 is 1.21 bits per heavy atom. The van der Waals surface area contributed by atoms with E-state index in [0.717, 1.165) is 12.2 Å². The highest BCUT2D eigenvalue weighted by Crippen LogP contribution is 2.27. The number of likely N-dealkylation sites (tertiary alicyclic amines) is 1. The van der Waals surface area contributed by atoms with Crippen LogP contribution in [-0.2, 0) is 12.2 Å². The molecular formula is C15H26N2S2. The monoisotopic (exact) mass is 298 g/mol. The SMILES string of the molecule is CC(C)c1nc(CCN2CCCCCC2)sc1CS. The summed E-state index contributed by atoms with van der Waals surface area (Å²) in [5.74, 6) is 1.35. The second-order valence-electron chi connectivity index (χ2n) is 5.73. The maximum atomic E-state index is 4.83. The number of thiol groups is 1. The van der Waals surface area contributed by atoms with E-state index in [1.54, 1.807) is 0 Å². The van der Waals surface area contributed by atoms with Crippen molar-refractivity contribution in [1.29, 1.82) is 0 Å². The van der Waals surface area contributed by atoms with Gasteiger partial charge in [-0.15, -0.1) is 11.3 Å². The maximum absolute atomic E-state index is 4.83. The first kappa shape index (κ1) is 15.3. The van der Waals surface area contributed by atoms with E-state index in [4.69, 9.17) is 4.98 Å². The Labute approximate surface area is 127 Å². The third-order valence-corrected chi connectivity index (χ3v) is 5.46. The summed E-state index contributed by atoms with van der Waals surface area (Å²) in [5.41, 5.74) is 1.27. The first-order valence-electron chi connectivity index (χ1n) is 7.52. The van der Waals surface area contributed by atoms with Gasteiger partial charge in [-0.1, -0.05) is 26.7 Å². The number of rotatable bonds is 5. The molecule has 2 heterocycles. The Morgan fingerprint density at radius 2 is 1.89 bits per heavy atom. The van der Waals surface area contributed by atoms with Gasteiger partial charge >= 0.3 is 0 Å². The molecule has 0 spiro atoms. The molecular weight excluding hydrogens is 272 g/mol. The van der Waals surface area contributed by atoms with Crippen molar-refractivity contribution in [3.63, 3.8) is 0 Å². The van der Waals surface area contributed by atoms with E-state index in [1.807, 2.05) is 11.3 Å². The van der Waals surface area contributed by atoms with Crippen LogP contribution in [0.2, 0.25) is 0 Å². The number of nitrogens with zero attached hydrogens (tertiary/aromatic N) is 2. The largest absolute Gasteiger partial charge is 0.303 e. The van der Waals surface area contributed by atoms with Crippen LogP contribution in [0.5, 0.6) is 0 Å². The highest BCUT2D eigenvalue weighted by Gasteiger charge is 2.14. The maximum Gasteiger partial charge on any atom is 0.0944 e. The van der Waals surface area contributed by atoms with E-state index in [0.29, 0.717) is 5.92 Å². The Kier molecular flexibility index (Phi) is 6.17. The average molecular weight is 299 g/mol. The van der Waals surface area contributed by atoms with E-state index in [9.17, 15) is 0 Å². The number of hydrogen-bond acceptors (Lipinski definition) is 4. The normalized spacial score (nSPS) is 17.9. The average Bonchev–Trinajstić information content (AvgIpc) is 2.64. The van der Waals surface area contributed by atoms with Crippen LogP contribution >= 0.6 is 24.0 Å². The molecule has 2 rings (SSSR count). The van der Waals surface area contributed by atoms with Crippen LogP contribution in [0.4, 0.5) is 0 Å². The third-order valence-electron chi connectivity index (χ3n) is 3.80. The molecule has 0 aromatic carbocycles. The van der Waals surface area contributed by atoms with Crippen LogP contribution in [0.3, 0.4) is 0 Å². The van der Waals surface area contributed by atoms with Gasteiger partial charge in [-0.2, -0.15) is 12.6 Å². The Bertz CT molecular complexity index is 379. The van der Waals surface area contributed by atoms with Crippen molar-refractivity contribution in [2.24, 2.45) is 0 Å². The molecule has 0 saturated carbocycles. The molecule has 4 heteroatoms. The van der Waals surface area contributed by atoms with Crippen LogP contribution in [-0.4, -0.2) is 29.5 Å². The van der Waals surface area contributed by atoms with Crippen molar-refractivity contribution in [1.82, 2.24) is 9.88 Å². The molecule has 1 saturated heterocycles. The summed E-state index contributed by atoms with van der Waals surface area (Å²) < 4.78 is 0. The third kappa shape index (κ3) is 4.47. The summed E-state index contributed by atoms with van der Waals surface area (Å²) >= 11 is 6.30. The zero-order chi connectivity index (χ0) is 13.7. The molecule has 1 aromatic rings. The van der Waals surface area contributed by atoms with Crippen LogP contribution in [0.1, 0.15) is 61.0 Å². The van der Waals surface area contributed by atoms with Gasteiger partial charge in [0.1, 0.15) is 0 Å². The highest BCUT2D eigenvalue weighted by molar-refractivity contribution is 7.79. The molecule has 2 nitrogen and oxygen atoms in total. The summed E-state index contributed by atoms with van der Waals surface area (Å²) in [6.45, 7) is 8.18. The molecule has 1 aliphatic rings. The molecule has 1 fully saturated rings. The van der Waals surface area contributed by atoms with Gasteiger partial charge in [0.25, 0.3) is 0 Å². The molecule has 108 valence electrons. The summed E-state index contributed by atoms with van der Waals surface area (Å²) in [6, 6.07) is 0. The second-order valence-corrected chi connectivity index (χ2v) is 7.22. The molecule has 1 aromatic heterocycles. The number of hydrogen-bond donors (Lipinski definition) is 1. The van der Waals surface area contributed by atoms with Crippen LogP contribution in [0, 0.1) is 0 Å². The standard InChI is InChI=1S/C15H26N2S2/c1-12(2)15-13(11-18)19-14(16-15)7-10-17-8-5-3-4-6-9-17/h12,18H,3-11H2,1-2H3. The summed E-state index contributed by atoms with van der Waals surface area (Å²) in [6.07, 6.45) is 6.68. The van der Waals surface area contributed by atoms with Crippen molar-refractivity contribution >= 4 is 24.0 Å². The second kappa shape index (κ2) is 7.65. The van der Waals surface area contributed by atoms with Gasteiger partial charge < -0.3 is 4.90 Å². The van der Waals surface area contributed by atoms with E-state index in [-0.39, 0.29) is 0 Å². The Balaban J connectivity index is 1.91. The lowest BCUT2D eigenvalue weighted by Crippen LogP contribution is -2.26. The van der Waals surface area contributed by atoms with E-state index in [1.165, 1.54) is 60.9 Å². The zero-order valence-electron chi connectivity index (χ0n) is 12.2. The summed E-state index contributed by atoms with van der Waals surface area (Å²) in [5, 5.41) is 1.30. The first-order valence-corrected chi connectivity index (χ1v) is 8.97. The minimum Gasteiger partial charge on any atom is -0.303 e.